The van der Waals surface area contributed by atoms with Crippen LogP contribution in [0.5, 0.6) is 0 Å². The van der Waals surface area contributed by atoms with Crippen molar-refractivity contribution >= 4 is 5.69 Å². The zero-order valence-electron chi connectivity index (χ0n) is 10.1. The van der Waals surface area contributed by atoms with Gasteiger partial charge in [-0.3, -0.25) is 0 Å². The van der Waals surface area contributed by atoms with Gasteiger partial charge in [0.25, 0.3) is 0 Å². The van der Waals surface area contributed by atoms with Gasteiger partial charge in [0.05, 0.1) is 0 Å². The molecular weight excluding hydrogens is 194 g/mol. The third-order valence-corrected chi connectivity index (χ3v) is 4.43. The Morgan fingerprint density at radius 1 is 1.00 bits per heavy atom. The summed E-state index contributed by atoms with van der Waals surface area (Å²) in [5, 5.41) is 0. The van der Waals surface area contributed by atoms with Gasteiger partial charge in [-0.25, -0.2) is 0 Å². The maximum absolute atomic E-state index is 2.59. The normalized spacial score (nSPS) is 33.8. The maximum atomic E-state index is 2.59. The van der Waals surface area contributed by atoms with Gasteiger partial charge in [0, 0.05) is 18.8 Å². The molecule has 1 aliphatic carbocycles. The maximum Gasteiger partial charge on any atom is 0.0366 e. The highest BCUT2D eigenvalue weighted by Gasteiger charge is 2.36. The minimum absolute atomic E-state index is 0.956. The van der Waals surface area contributed by atoms with Crippen molar-refractivity contribution in [3.8, 4) is 0 Å². The van der Waals surface area contributed by atoms with Crippen LogP contribution in [-0.4, -0.2) is 13.1 Å². The lowest BCUT2D eigenvalue weighted by molar-refractivity contribution is 0.238. The van der Waals surface area contributed by atoms with Crippen LogP contribution in [0.25, 0.3) is 0 Å². The Balaban J connectivity index is 1.73. The van der Waals surface area contributed by atoms with E-state index in [2.05, 4.69) is 42.2 Å². The molecule has 1 saturated carbocycles. The van der Waals surface area contributed by atoms with E-state index < -0.39 is 0 Å². The van der Waals surface area contributed by atoms with Gasteiger partial charge in [-0.1, -0.05) is 31.5 Å². The second-order valence-corrected chi connectivity index (χ2v) is 5.68. The van der Waals surface area contributed by atoms with Gasteiger partial charge in [0.2, 0.25) is 0 Å². The lowest BCUT2D eigenvalue weighted by Gasteiger charge is -2.28. The smallest absolute Gasteiger partial charge is 0.0366 e. The Morgan fingerprint density at radius 2 is 1.75 bits per heavy atom. The predicted molar refractivity (Wildman–Crippen MR) is 68.7 cm³/mol. The summed E-state index contributed by atoms with van der Waals surface area (Å²) in [6, 6.07) is 10.9. The summed E-state index contributed by atoms with van der Waals surface area (Å²) >= 11 is 0. The number of rotatable bonds is 1. The Hall–Kier alpha value is -0.980. The molecule has 1 heterocycles. The first-order chi connectivity index (χ1) is 7.83. The third-order valence-electron chi connectivity index (χ3n) is 4.43. The standard InChI is InChI=1S/C15H21N/c1-12-7-8-13-10-16(11-14(13)9-12)15-5-3-2-4-6-15/h2-6,12-14H,7-11H2,1H3. The van der Waals surface area contributed by atoms with Gasteiger partial charge in [-0.15, -0.1) is 0 Å². The molecule has 1 heteroatoms. The van der Waals surface area contributed by atoms with Crippen LogP contribution in [0.15, 0.2) is 30.3 Å². The van der Waals surface area contributed by atoms with Crippen LogP contribution >= 0.6 is 0 Å². The van der Waals surface area contributed by atoms with Crippen LogP contribution in [-0.2, 0) is 0 Å². The molecule has 3 rings (SSSR count). The van der Waals surface area contributed by atoms with Gasteiger partial charge < -0.3 is 4.90 Å². The van der Waals surface area contributed by atoms with E-state index in [9.17, 15) is 0 Å². The van der Waals surface area contributed by atoms with E-state index in [-0.39, 0.29) is 0 Å². The van der Waals surface area contributed by atoms with E-state index in [4.69, 9.17) is 0 Å². The summed E-state index contributed by atoms with van der Waals surface area (Å²) in [5.41, 5.74) is 1.42. The van der Waals surface area contributed by atoms with E-state index in [1.165, 1.54) is 38.0 Å². The highest BCUT2D eigenvalue weighted by atomic mass is 15.2. The highest BCUT2D eigenvalue weighted by Crippen LogP contribution is 2.40. The van der Waals surface area contributed by atoms with E-state index in [1.807, 2.05) is 0 Å². The summed E-state index contributed by atoms with van der Waals surface area (Å²) < 4.78 is 0. The molecule has 0 N–H and O–H groups in total. The monoisotopic (exact) mass is 215 g/mol. The summed E-state index contributed by atoms with van der Waals surface area (Å²) in [7, 11) is 0. The summed E-state index contributed by atoms with van der Waals surface area (Å²) in [6.45, 7) is 5.00. The van der Waals surface area contributed by atoms with E-state index in [0.717, 1.165) is 17.8 Å². The molecule has 16 heavy (non-hydrogen) atoms. The van der Waals surface area contributed by atoms with Crippen LogP contribution in [0, 0.1) is 17.8 Å². The highest BCUT2D eigenvalue weighted by molar-refractivity contribution is 5.47. The number of nitrogens with zero attached hydrogens (tertiary/aromatic N) is 1. The van der Waals surface area contributed by atoms with Crippen LogP contribution in [0.4, 0.5) is 5.69 Å². The largest absolute Gasteiger partial charge is 0.371 e. The molecular formula is C15H21N. The van der Waals surface area contributed by atoms with E-state index in [0.29, 0.717) is 0 Å². The van der Waals surface area contributed by atoms with Crippen molar-refractivity contribution in [1.29, 1.82) is 0 Å². The number of fused-ring (bicyclic) bond motifs is 1. The van der Waals surface area contributed by atoms with E-state index in [1.54, 1.807) is 0 Å². The molecule has 2 aliphatic rings. The second-order valence-electron chi connectivity index (χ2n) is 5.68. The molecule has 3 atom stereocenters. The van der Waals surface area contributed by atoms with Crippen molar-refractivity contribution in [3.05, 3.63) is 30.3 Å². The summed E-state index contributed by atoms with van der Waals surface area (Å²) in [5.74, 6) is 2.89. The number of benzene rings is 1. The molecule has 0 bridgehead atoms. The Bertz CT molecular complexity index is 346. The fourth-order valence-electron chi connectivity index (χ4n) is 3.52. The van der Waals surface area contributed by atoms with E-state index >= 15 is 0 Å². The number of anilines is 1. The molecule has 0 aromatic heterocycles. The molecule has 0 spiro atoms. The minimum Gasteiger partial charge on any atom is -0.371 e. The average molecular weight is 215 g/mol. The van der Waals surface area contributed by atoms with Crippen molar-refractivity contribution < 1.29 is 0 Å². The molecule has 1 aromatic rings. The zero-order chi connectivity index (χ0) is 11.0. The molecule has 0 radical (unpaired) electrons. The van der Waals surface area contributed by atoms with Gasteiger partial charge >= 0.3 is 0 Å². The van der Waals surface area contributed by atoms with Crippen molar-refractivity contribution in [2.75, 3.05) is 18.0 Å². The van der Waals surface area contributed by atoms with Crippen molar-refractivity contribution in [2.45, 2.75) is 26.2 Å². The fourth-order valence-corrected chi connectivity index (χ4v) is 3.52. The summed E-state index contributed by atoms with van der Waals surface area (Å²) in [6.07, 6.45) is 4.35. The topological polar surface area (TPSA) is 3.24 Å². The van der Waals surface area contributed by atoms with Gasteiger partial charge in [-0.05, 0) is 42.7 Å². The molecule has 0 amide bonds. The van der Waals surface area contributed by atoms with Gasteiger partial charge in [-0.2, -0.15) is 0 Å². The quantitative estimate of drug-likeness (QED) is 0.692. The third kappa shape index (κ3) is 1.83. The molecule has 3 unspecified atom stereocenters. The first-order valence-electron chi connectivity index (χ1n) is 6.63. The van der Waals surface area contributed by atoms with Crippen LogP contribution in [0.1, 0.15) is 26.2 Å². The minimum atomic E-state index is 0.956. The fraction of sp³-hybridized carbons (Fsp3) is 0.600. The molecule has 2 fully saturated rings. The Kier molecular flexibility index (Phi) is 2.62. The van der Waals surface area contributed by atoms with Crippen molar-refractivity contribution in [1.82, 2.24) is 0 Å². The molecule has 1 aliphatic heterocycles. The van der Waals surface area contributed by atoms with Crippen LogP contribution < -0.4 is 4.90 Å². The lowest BCUT2D eigenvalue weighted by atomic mass is 9.77. The first kappa shape index (κ1) is 10.2. The molecule has 86 valence electrons. The van der Waals surface area contributed by atoms with Crippen LogP contribution in [0.3, 0.4) is 0 Å². The average Bonchev–Trinajstić information content (AvgIpc) is 2.73. The molecule has 1 aromatic carbocycles. The lowest BCUT2D eigenvalue weighted by Crippen LogP contribution is -2.21. The van der Waals surface area contributed by atoms with Crippen molar-refractivity contribution in [2.24, 2.45) is 17.8 Å². The summed E-state index contributed by atoms with van der Waals surface area (Å²) in [4.78, 5) is 2.59. The van der Waals surface area contributed by atoms with Gasteiger partial charge in [0.1, 0.15) is 0 Å². The molecule has 1 saturated heterocycles. The first-order valence-corrected chi connectivity index (χ1v) is 6.63. The van der Waals surface area contributed by atoms with Crippen molar-refractivity contribution in [3.63, 3.8) is 0 Å². The van der Waals surface area contributed by atoms with Crippen LogP contribution in [0.2, 0.25) is 0 Å². The number of hydrogen-bond donors (Lipinski definition) is 0. The number of hydrogen-bond acceptors (Lipinski definition) is 1. The SMILES string of the molecule is CC1CCC2CN(c3ccccc3)CC2C1. The predicted octanol–water partition coefficient (Wildman–Crippen LogP) is 3.56. The molecule has 1 nitrogen and oxygen atoms in total. The second kappa shape index (κ2) is 4.12. The zero-order valence-corrected chi connectivity index (χ0v) is 10.1. The van der Waals surface area contributed by atoms with Gasteiger partial charge in [0.15, 0.2) is 0 Å². The Labute approximate surface area is 98.5 Å². The number of para-hydroxylation sites is 1. The Morgan fingerprint density at radius 3 is 2.56 bits per heavy atom.